The first-order valence-corrected chi connectivity index (χ1v) is 8.83. The maximum Gasteiger partial charge on any atom is 0.225 e. The van der Waals surface area contributed by atoms with Crippen LogP contribution >= 0.6 is 0 Å². The number of carbonyl (C=O) groups excluding carboxylic acids is 1. The highest BCUT2D eigenvalue weighted by Crippen LogP contribution is 2.29. The summed E-state index contributed by atoms with van der Waals surface area (Å²) in [6.07, 6.45) is 14.7. The maximum absolute atomic E-state index is 12.9. The summed E-state index contributed by atoms with van der Waals surface area (Å²) in [5.41, 5.74) is 5.67. The van der Waals surface area contributed by atoms with Crippen LogP contribution in [0, 0.1) is 5.92 Å². The molecule has 2 aliphatic rings. The minimum absolute atomic E-state index is 0.303. The van der Waals surface area contributed by atoms with Crippen LogP contribution in [0.15, 0.2) is 0 Å². The molecule has 2 fully saturated rings. The molecule has 0 aromatic carbocycles. The number of hydrogen-bond donors (Lipinski definition) is 1. The second-order valence-electron chi connectivity index (χ2n) is 6.65. The molecule has 0 saturated heterocycles. The second-order valence-corrected chi connectivity index (χ2v) is 6.65. The topological polar surface area (TPSA) is 46.3 Å². The van der Waals surface area contributed by atoms with Gasteiger partial charge in [-0.2, -0.15) is 0 Å². The van der Waals surface area contributed by atoms with Gasteiger partial charge < -0.3 is 10.6 Å². The summed E-state index contributed by atoms with van der Waals surface area (Å²) in [4.78, 5) is 15.2. The molecule has 0 aromatic rings. The molecule has 2 saturated carbocycles. The monoisotopic (exact) mass is 280 g/mol. The Hall–Kier alpha value is -0.570. The van der Waals surface area contributed by atoms with Crippen molar-refractivity contribution in [1.29, 1.82) is 0 Å². The molecule has 0 spiro atoms. The third kappa shape index (κ3) is 4.47. The van der Waals surface area contributed by atoms with Crippen molar-refractivity contribution in [2.45, 2.75) is 83.1 Å². The third-order valence-corrected chi connectivity index (χ3v) is 5.11. The molecule has 0 aromatic heterocycles. The van der Waals surface area contributed by atoms with E-state index in [1.54, 1.807) is 0 Å². The molecule has 0 heterocycles. The van der Waals surface area contributed by atoms with Gasteiger partial charge in [-0.3, -0.25) is 4.79 Å². The van der Waals surface area contributed by atoms with Crippen LogP contribution in [0.1, 0.15) is 77.0 Å². The molecule has 20 heavy (non-hydrogen) atoms. The van der Waals surface area contributed by atoms with E-state index in [9.17, 15) is 4.79 Å². The van der Waals surface area contributed by atoms with Crippen molar-refractivity contribution in [3.8, 4) is 0 Å². The fraction of sp³-hybridized carbons (Fsp3) is 0.941. The quantitative estimate of drug-likeness (QED) is 0.784. The van der Waals surface area contributed by atoms with Crippen LogP contribution in [0.5, 0.6) is 0 Å². The lowest BCUT2D eigenvalue weighted by atomic mass is 9.91. The summed E-state index contributed by atoms with van der Waals surface area (Å²) >= 11 is 0. The maximum atomic E-state index is 12.9. The van der Waals surface area contributed by atoms with E-state index >= 15 is 0 Å². The van der Waals surface area contributed by atoms with Crippen LogP contribution in [0.25, 0.3) is 0 Å². The van der Waals surface area contributed by atoms with Gasteiger partial charge >= 0.3 is 0 Å². The minimum atomic E-state index is 0.303. The fourth-order valence-electron chi connectivity index (χ4n) is 3.89. The Morgan fingerprint density at radius 3 is 2.05 bits per heavy atom. The number of carbonyl (C=O) groups is 1. The van der Waals surface area contributed by atoms with Crippen LogP contribution in [0.2, 0.25) is 0 Å². The number of nitrogens with zero attached hydrogens (tertiary/aromatic N) is 1. The van der Waals surface area contributed by atoms with Crippen molar-refractivity contribution < 1.29 is 4.79 Å². The summed E-state index contributed by atoms with van der Waals surface area (Å²) in [5.74, 6) is 0.754. The third-order valence-electron chi connectivity index (χ3n) is 5.11. The number of rotatable bonds is 5. The van der Waals surface area contributed by atoms with Gasteiger partial charge in [0.2, 0.25) is 5.91 Å². The molecule has 0 bridgehead atoms. The SMILES string of the molecule is NCCCN(C(=O)C1CCCCCC1)C1CCCCC1. The number of amides is 1. The van der Waals surface area contributed by atoms with Crippen molar-refractivity contribution in [2.75, 3.05) is 13.1 Å². The van der Waals surface area contributed by atoms with Gasteiger partial charge in [0.1, 0.15) is 0 Å². The van der Waals surface area contributed by atoms with Crippen LogP contribution in [0.4, 0.5) is 0 Å². The molecule has 2 rings (SSSR count). The molecule has 0 radical (unpaired) electrons. The first-order chi connectivity index (χ1) is 9.83. The lowest BCUT2D eigenvalue weighted by Crippen LogP contribution is -2.45. The van der Waals surface area contributed by atoms with Gasteiger partial charge in [-0.1, -0.05) is 44.9 Å². The van der Waals surface area contributed by atoms with Gasteiger partial charge in [-0.15, -0.1) is 0 Å². The van der Waals surface area contributed by atoms with Crippen LogP contribution in [0.3, 0.4) is 0 Å². The smallest absolute Gasteiger partial charge is 0.225 e. The Bertz CT molecular complexity index is 279. The normalized spacial score (nSPS) is 22.4. The van der Waals surface area contributed by atoms with Crippen LogP contribution in [-0.4, -0.2) is 29.9 Å². The van der Waals surface area contributed by atoms with Crippen molar-refractivity contribution in [1.82, 2.24) is 4.90 Å². The molecule has 0 unspecified atom stereocenters. The summed E-state index contributed by atoms with van der Waals surface area (Å²) in [5, 5.41) is 0. The Morgan fingerprint density at radius 1 is 0.900 bits per heavy atom. The van der Waals surface area contributed by atoms with E-state index in [0.29, 0.717) is 24.4 Å². The molecule has 3 nitrogen and oxygen atoms in total. The van der Waals surface area contributed by atoms with Gasteiger partial charge in [0.15, 0.2) is 0 Å². The van der Waals surface area contributed by atoms with Gasteiger partial charge in [0.05, 0.1) is 0 Å². The molecular formula is C17H32N2O. The van der Waals surface area contributed by atoms with E-state index in [-0.39, 0.29) is 0 Å². The highest BCUT2D eigenvalue weighted by Gasteiger charge is 2.30. The Morgan fingerprint density at radius 2 is 1.45 bits per heavy atom. The van der Waals surface area contributed by atoms with E-state index < -0.39 is 0 Å². The van der Waals surface area contributed by atoms with Crippen LogP contribution < -0.4 is 5.73 Å². The number of nitrogens with two attached hydrogens (primary N) is 1. The van der Waals surface area contributed by atoms with Gasteiger partial charge in [0, 0.05) is 18.5 Å². The van der Waals surface area contributed by atoms with Gasteiger partial charge in [-0.05, 0) is 38.6 Å². The van der Waals surface area contributed by atoms with Crippen molar-refractivity contribution in [3.05, 3.63) is 0 Å². The van der Waals surface area contributed by atoms with Crippen LogP contribution in [-0.2, 0) is 4.79 Å². The van der Waals surface area contributed by atoms with E-state index in [1.807, 2.05) is 0 Å². The standard InChI is InChI=1S/C17H32N2O/c18-13-8-14-19(16-11-6-3-7-12-16)17(20)15-9-4-1-2-5-10-15/h15-16H,1-14,18H2. The molecule has 3 heteroatoms. The molecule has 0 aliphatic heterocycles. The lowest BCUT2D eigenvalue weighted by Gasteiger charge is -2.36. The highest BCUT2D eigenvalue weighted by molar-refractivity contribution is 5.79. The van der Waals surface area contributed by atoms with Crippen molar-refractivity contribution >= 4 is 5.91 Å². The Balaban J connectivity index is 1.97. The molecule has 0 atom stereocenters. The first kappa shape index (κ1) is 15.8. The van der Waals surface area contributed by atoms with E-state index in [0.717, 1.165) is 25.8 Å². The number of hydrogen-bond acceptors (Lipinski definition) is 2. The zero-order valence-electron chi connectivity index (χ0n) is 13.0. The molecule has 116 valence electrons. The van der Waals surface area contributed by atoms with Gasteiger partial charge in [0.25, 0.3) is 0 Å². The van der Waals surface area contributed by atoms with E-state index in [2.05, 4.69) is 4.90 Å². The second kappa shape index (κ2) is 8.66. The predicted molar refractivity (Wildman–Crippen MR) is 83.4 cm³/mol. The summed E-state index contributed by atoms with van der Waals surface area (Å²) in [7, 11) is 0. The predicted octanol–water partition coefficient (Wildman–Crippen LogP) is 3.47. The van der Waals surface area contributed by atoms with E-state index in [1.165, 1.54) is 57.8 Å². The van der Waals surface area contributed by atoms with Crippen molar-refractivity contribution in [3.63, 3.8) is 0 Å². The largest absolute Gasteiger partial charge is 0.339 e. The summed E-state index contributed by atoms with van der Waals surface area (Å²) in [6.45, 7) is 1.58. The first-order valence-electron chi connectivity index (χ1n) is 8.83. The van der Waals surface area contributed by atoms with Crippen molar-refractivity contribution in [2.24, 2.45) is 11.7 Å². The summed E-state index contributed by atoms with van der Waals surface area (Å²) < 4.78 is 0. The van der Waals surface area contributed by atoms with E-state index in [4.69, 9.17) is 5.73 Å². The summed E-state index contributed by atoms with van der Waals surface area (Å²) in [6, 6.07) is 0.506. The molecule has 2 aliphatic carbocycles. The fourth-order valence-corrected chi connectivity index (χ4v) is 3.89. The Labute approximate surface area is 124 Å². The molecular weight excluding hydrogens is 248 g/mol. The Kier molecular flexibility index (Phi) is 6.85. The zero-order chi connectivity index (χ0) is 14.2. The highest BCUT2D eigenvalue weighted by atomic mass is 16.2. The average Bonchev–Trinajstić information content (AvgIpc) is 2.77. The minimum Gasteiger partial charge on any atom is -0.339 e. The molecule has 2 N–H and O–H groups in total. The molecule has 1 amide bonds. The average molecular weight is 280 g/mol. The lowest BCUT2D eigenvalue weighted by molar-refractivity contribution is -0.139. The van der Waals surface area contributed by atoms with Gasteiger partial charge in [-0.25, -0.2) is 0 Å². The zero-order valence-corrected chi connectivity index (χ0v) is 13.0.